The zero-order valence-corrected chi connectivity index (χ0v) is 8.94. The summed E-state index contributed by atoms with van der Waals surface area (Å²) >= 11 is 3.77. The lowest BCUT2D eigenvalue weighted by molar-refractivity contribution is -0.147. The third-order valence-corrected chi connectivity index (χ3v) is 1.58. The molecule has 0 radical (unpaired) electrons. The van der Waals surface area contributed by atoms with Crippen molar-refractivity contribution in [1.29, 1.82) is 0 Å². The standard InChI is InChI=1S/C8H17NO2S/c1-6(9-12)7(10)11-5-8(2,3)4/h6,9,12H,5H2,1-4H3/t6-/m1/s1. The van der Waals surface area contributed by atoms with E-state index in [0.29, 0.717) is 6.61 Å². The predicted molar refractivity (Wildman–Crippen MR) is 52.0 cm³/mol. The van der Waals surface area contributed by atoms with Gasteiger partial charge in [-0.3, -0.25) is 9.52 Å². The largest absolute Gasteiger partial charge is 0.464 e. The zero-order valence-electron chi connectivity index (χ0n) is 8.05. The summed E-state index contributed by atoms with van der Waals surface area (Å²) in [5.41, 5.74) is 0.0198. The number of hydrogen-bond acceptors (Lipinski definition) is 4. The quantitative estimate of drug-likeness (QED) is 0.523. The maximum absolute atomic E-state index is 11.1. The molecule has 0 amide bonds. The summed E-state index contributed by atoms with van der Waals surface area (Å²) in [6, 6.07) is -0.351. The fourth-order valence-electron chi connectivity index (χ4n) is 0.465. The van der Waals surface area contributed by atoms with Crippen LogP contribution in [0.2, 0.25) is 0 Å². The summed E-state index contributed by atoms with van der Waals surface area (Å²) in [6.07, 6.45) is 0. The molecule has 4 heteroatoms. The second-order valence-electron chi connectivity index (χ2n) is 4.02. The molecule has 3 nitrogen and oxygen atoms in total. The molecule has 0 aromatic carbocycles. The van der Waals surface area contributed by atoms with Crippen LogP contribution in [0, 0.1) is 5.41 Å². The van der Waals surface area contributed by atoms with E-state index in [1.54, 1.807) is 6.92 Å². The molecule has 0 saturated heterocycles. The Morgan fingerprint density at radius 3 is 2.42 bits per heavy atom. The van der Waals surface area contributed by atoms with Crippen molar-refractivity contribution in [1.82, 2.24) is 4.72 Å². The van der Waals surface area contributed by atoms with Crippen LogP contribution in [0.5, 0.6) is 0 Å². The SMILES string of the molecule is C[C@@H](NS)C(=O)OCC(C)(C)C. The van der Waals surface area contributed by atoms with E-state index in [0.717, 1.165) is 0 Å². The maximum Gasteiger partial charge on any atom is 0.323 e. The molecule has 0 fully saturated rings. The van der Waals surface area contributed by atoms with Crippen molar-refractivity contribution in [3.63, 3.8) is 0 Å². The molecule has 1 N–H and O–H groups in total. The minimum atomic E-state index is -0.351. The molecule has 0 aliphatic rings. The van der Waals surface area contributed by atoms with Crippen LogP contribution in [0.4, 0.5) is 0 Å². The van der Waals surface area contributed by atoms with Crippen molar-refractivity contribution in [2.75, 3.05) is 6.61 Å². The van der Waals surface area contributed by atoms with Crippen LogP contribution in [0.1, 0.15) is 27.7 Å². The number of hydrogen-bond donors (Lipinski definition) is 2. The van der Waals surface area contributed by atoms with E-state index in [1.807, 2.05) is 20.8 Å². The third kappa shape index (κ3) is 5.43. The normalized spacial score (nSPS) is 14.1. The van der Waals surface area contributed by atoms with E-state index < -0.39 is 0 Å². The van der Waals surface area contributed by atoms with Gasteiger partial charge in [-0.2, -0.15) is 0 Å². The Balaban J connectivity index is 3.72. The lowest BCUT2D eigenvalue weighted by Crippen LogP contribution is -2.31. The summed E-state index contributed by atoms with van der Waals surface area (Å²) in [5.74, 6) is -0.264. The van der Waals surface area contributed by atoms with Crippen LogP contribution in [-0.2, 0) is 9.53 Å². The molecule has 0 heterocycles. The zero-order chi connectivity index (χ0) is 9.78. The fourth-order valence-corrected chi connectivity index (χ4v) is 0.571. The summed E-state index contributed by atoms with van der Waals surface area (Å²) in [7, 11) is 0. The molecule has 12 heavy (non-hydrogen) atoms. The predicted octanol–water partition coefficient (Wildman–Crippen LogP) is 1.40. The summed E-state index contributed by atoms with van der Waals surface area (Å²) < 4.78 is 7.53. The van der Waals surface area contributed by atoms with Crippen LogP contribution in [0.25, 0.3) is 0 Å². The first-order valence-electron chi connectivity index (χ1n) is 3.93. The first kappa shape index (κ1) is 11.8. The van der Waals surface area contributed by atoms with Gasteiger partial charge in [-0.1, -0.05) is 33.6 Å². The molecular weight excluding hydrogens is 174 g/mol. The Morgan fingerprint density at radius 1 is 1.58 bits per heavy atom. The highest BCUT2D eigenvalue weighted by Crippen LogP contribution is 2.13. The van der Waals surface area contributed by atoms with Gasteiger partial charge in [0, 0.05) is 0 Å². The highest BCUT2D eigenvalue weighted by atomic mass is 32.1. The Morgan fingerprint density at radius 2 is 2.08 bits per heavy atom. The van der Waals surface area contributed by atoms with Crippen molar-refractivity contribution in [2.45, 2.75) is 33.7 Å². The number of esters is 1. The number of rotatable bonds is 3. The number of carbonyl (C=O) groups excluding carboxylic acids is 1. The van der Waals surface area contributed by atoms with Gasteiger partial charge < -0.3 is 4.74 Å². The van der Waals surface area contributed by atoms with Crippen LogP contribution >= 0.6 is 12.8 Å². The van der Waals surface area contributed by atoms with Gasteiger partial charge in [0.2, 0.25) is 0 Å². The molecule has 1 atom stereocenters. The average Bonchev–Trinajstić information content (AvgIpc) is 1.97. The van der Waals surface area contributed by atoms with Gasteiger partial charge in [-0.15, -0.1) is 0 Å². The summed E-state index contributed by atoms with van der Waals surface area (Å²) in [4.78, 5) is 11.1. The smallest absolute Gasteiger partial charge is 0.323 e. The number of ether oxygens (including phenoxy) is 1. The number of carbonyl (C=O) groups is 1. The van der Waals surface area contributed by atoms with E-state index in [9.17, 15) is 4.79 Å². The van der Waals surface area contributed by atoms with Crippen molar-refractivity contribution in [3.8, 4) is 0 Å². The molecular formula is C8H17NO2S. The van der Waals surface area contributed by atoms with Gasteiger partial charge >= 0.3 is 5.97 Å². The summed E-state index contributed by atoms with van der Waals surface area (Å²) in [5, 5.41) is 0. The molecule has 0 aliphatic carbocycles. The van der Waals surface area contributed by atoms with Crippen LogP contribution < -0.4 is 4.72 Å². The second-order valence-corrected chi connectivity index (χ2v) is 4.28. The molecule has 0 aliphatic heterocycles. The Bertz CT molecular complexity index is 154. The Kier molecular flexibility index (Phi) is 4.63. The van der Waals surface area contributed by atoms with E-state index in [2.05, 4.69) is 17.5 Å². The first-order valence-corrected chi connectivity index (χ1v) is 4.38. The van der Waals surface area contributed by atoms with E-state index in [-0.39, 0.29) is 17.4 Å². The Labute approximate surface area is 79.4 Å². The van der Waals surface area contributed by atoms with Gasteiger partial charge in [0.15, 0.2) is 0 Å². The molecule has 0 aromatic rings. The fraction of sp³-hybridized carbons (Fsp3) is 0.875. The van der Waals surface area contributed by atoms with E-state index in [4.69, 9.17) is 4.74 Å². The highest BCUT2D eigenvalue weighted by molar-refractivity contribution is 7.78. The van der Waals surface area contributed by atoms with Crippen LogP contribution in [0.3, 0.4) is 0 Å². The van der Waals surface area contributed by atoms with Crippen molar-refractivity contribution < 1.29 is 9.53 Å². The van der Waals surface area contributed by atoms with Gasteiger partial charge in [0.1, 0.15) is 6.04 Å². The van der Waals surface area contributed by atoms with Gasteiger partial charge in [0.25, 0.3) is 0 Å². The van der Waals surface area contributed by atoms with Crippen molar-refractivity contribution in [3.05, 3.63) is 0 Å². The van der Waals surface area contributed by atoms with Gasteiger partial charge in [0.05, 0.1) is 6.61 Å². The monoisotopic (exact) mass is 191 g/mol. The van der Waals surface area contributed by atoms with Gasteiger partial charge in [-0.25, -0.2) is 0 Å². The molecule has 0 bridgehead atoms. The van der Waals surface area contributed by atoms with Crippen LogP contribution in [0.15, 0.2) is 0 Å². The van der Waals surface area contributed by atoms with Crippen molar-refractivity contribution >= 4 is 18.8 Å². The minimum Gasteiger partial charge on any atom is -0.464 e. The third-order valence-electron chi connectivity index (χ3n) is 1.19. The van der Waals surface area contributed by atoms with E-state index >= 15 is 0 Å². The number of thiol groups is 1. The maximum atomic E-state index is 11.1. The summed E-state index contributed by atoms with van der Waals surface area (Å²) in [6.45, 7) is 8.18. The molecule has 0 aromatic heterocycles. The molecule has 0 spiro atoms. The van der Waals surface area contributed by atoms with Crippen molar-refractivity contribution in [2.24, 2.45) is 5.41 Å². The van der Waals surface area contributed by atoms with E-state index in [1.165, 1.54) is 0 Å². The highest BCUT2D eigenvalue weighted by Gasteiger charge is 2.17. The number of nitrogens with one attached hydrogen (secondary N) is 1. The lowest BCUT2D eigenvalue weighted by Gasteiger charge is -2.19. The molecule has 0 saturated carbocycles. The first-order chi connectivity index (χ1) is 5.37. The Hall–Kier alpha value is -0.220. The molecule has 0 rings (SSSR count). The molecule has 72 valence electrons. The minimum absolute atomic E-state index is 0.0198. The topological polar surface area (TPSA) is 38.3 Å². The second kappa shape index (κ2) is 4.72. The molecule has 0 unspecified atom stereocenters. The van der Waals surface area contributed by atoms with Crippen LogP contribution in [-0.4, -0.2) is 18.6 Å². The van der Waals surface area contributed by atoms with Gasteiger partial charge in [-0.05, 0) is 12.3 Å². The average molecular weight is 191 g/mol. The lowest BCUT2D eigenvalue weighted by atomic mass is 9.99.